The molecule has 0 bridgehead atoms. The average Bonchev–Trinajstić information content (AvgIpc) is 1.55. The lowest BCUT2D eigenvalue weighted by Gasteiger charge is -2.24. The molecule has 0 atom stereocenters. The van der Waals surface area contributed by atoms with E-state index in [0.717, 1.165) is 12.5 Å². The van der Waals surface area contributed by atoms with Gasteiger partial charge in [0.15, 0.2) is 0 Å². The van der Waals surface area contributed by atoms with Gasteiger partial charge in [0.05, 0.1) is 0 Å². The maximum absolute atomic E-state index is 5.09. The largest absolute Gasteiger partial charge is 0.271 e. The van der Waals surface area contributed by atoms with E-state index in [4.69, 9.17) is 5.84 Å². The quantitative estimate of drug-likeness (QED) is 0.484. The molecule has 58 valence electrons. The molecule has 0 spiro atoms. The zero-order valence-electron chi connectivity index (χ0n) is 5.30. The van der Waals surface area contributed by atoms with Gasteiger partial charge in [0.2, 0.25) is 0 Å². The molecule has 0 radical (unpaired) electrons. The van der Waals surface area contributed by atoms with Crippen LogP contribution in [0.15, 0.2) is 0 Å². The maximum atomic E-state index is 5.09. The van der Waals surface area contributed by atoms with Gasteiger partial charge >= 0.3 is 0 Å². The Balaban J connectivity index is 0. The van der Waals surface area contributed by atoms with Gasteiger partial charge in [0.1, 0.15) is 0 Å². The monoisotopic (exact) mass is 172 g/mol. The van der Waals surface area contributed by atoms with E-state index in [0.29, 0.717) is 0 Å². The first-order valence-corrected chi connectivity index (χ1v) is 2.87. The molecule has 3 N–H and O–H groups in total. The number of hydrogen-bond acceptors (Lipinski definition) is 2. The molecular formula is C5H14Cl2N2. The molecule has 4 heteroatoms. The highest BCUT2D eigenvalue weighted by Gasteiger charge is 2.15. The number of hydrogen-bond donors (Lipinski definition) is 2. The second-order valence-corrected chi connectivity index (χ2v) is 2.21. The first-order valence-electron chi connectivity index (χ1n) is 2.87. The van der Waals surface area contributed by atoms with Gasteiger partial charge in [-0.2, -0.15) is 0 Å². The van der Waals surface area contributed by atoms with Crippen molar-refractivity contribution in [3.63, 3.8) is 0 Å². The number of halogens is 2. The van der Waals surface area contributed by atoms with E-state index in [9.17, 15) is 0 Å². The van der Waals surface area contributed by atoms with Crippen molar-refractivity contribution in [2.45, 2.75) is 19.3 Å². The minimum Gasteiger partial charge on any atom is -0.271 e. The first-order chi connectivity index (χ1) is 3.43. The molecule has 2 nitrogen and oxygen atoms in total. The Labute approximate surface area is 68.4 Å². The molecule has 0 unspecified atom stereocenters. The molecule has 0 heterocycles. The highest BCUT2D eigenvalue weighted by atomic mass is 35.5. The molecule has 1 aliphatic carbocycles. The van der Waals surface area contributed by atoms with Crippen molar-refractivity contribution < 1.29 is 0 Å². The van der Waals surface area contributed by atoms with E-state index < -0.39 is 0 Å². The fourth-order valence-electron chi connectivity index (χ4n) is 0.864. The van der Waals surface area contributed by atoms with Crippen LogP contribution in [0.3, 0.4) is 0 Å². The van der Waals surface area contributed by atoms with Crippen LogP contribution in [0.2, 0.25) is 0 Å². The lowest BCUT2D eigenvalue weighted by atomic mass is 9.86. The Morgan fingerprint density at radius 1 is 1.33 bits per heavy atom. The maximum Gasteiger partial charge on any atom is 0.0126 e. The lowest BCUT2D eigenvalue weighted by Crippen LogP contribution is -2.31. The van der Waals surface area contributed by atoms with Crippen molar-refractivity contribution in [2.24, 2.45) is 11.8 Å². The number of nitrogens with one attached hydrogen (secondary N) is 1. The van der Waals surface area contributed by atoms with Crippen LogP contribution in [-0.2, 0) is 0 Å². The second-order valence-electron chi connectivity index (χ2n) is 2.21. The second kappa shape index (κ2) is 6.62. The van der Waals surface area contributed by atoms with Crippen molar-refractivity contribution in [3.05, 3.63) is 0 Å². The molecule has 1 saturated carbocycles. The highest BCUT2D eigenvalue weighted by Crippen LogP contribution is 2.24. The molecule has 1 aliphatic rings. The fourth-order valence-corrected chi connectivity index (χ4v) is 0.864. The average molecular weight is 173 g/mol. The van der Waals surface area contributed by atoms with E-state index >= 15 is 0 Å². The summed E-state index contributed by atoms with van der Waals surface area (Å²) in [7, 11) is 0. The van der Waals surface area contributed by atoms with Crippen LogP contribution in [-0.4, -0.2) is 6.54 Å². The first kappa shape index (κ1) is 12.2. The van der Waals surface area contributed by atoms with E-state index in [1.165, 1.54) is 19.3 Å². The molecule has 0 aliphatic heterocycles. The minimum absolute atomic E-state index is 0. The van der Waals surface area contributed by atoms with Crippen LogP contribution < -0.4 is 11.3 Å². The number of hydrazine groups is 1. The molecule has 9 heavy (non-hydrogen) atoms. The topological polar surface area (TPSA) is 38.0 Å². The molecule has 0 saturated heterocycles. The molecule has 0 aromatic rings. The third-order valence-electron chi connectivity index (χ3n) is 1.63. The smallest absolute Gasteiger partial charge is 0.0126 e. The Morgan fingerprint density at radius 2 is 1.89 bits per heavy atom. The molecule has 1 rings (SSSR count). The Bertz CT molecular complexity index is 56.9. The zero-order valence-corrected chi connectivity index (χ0v) is 6.93. The summed E-state index contributed by atoms with van der Waals surface area (Å²) in [6.45, 7) is 1.01. The molecular weight excluding hydrogens is 159 g/mol. The normalized spacial score (nSPS) is 17.0. The standard InChI is InChI=1S/C5H12N2.2ClH/c6-7-4-5-2-1-3-5;;/h5,7H,1-4,6H2;2*1H. The van der Waals surface area contributed by atoms with Crippen molar-refractivity contribution in [1.29, 1.82) is 0 Å². The predicted octanol–water partition coefficient (Wildman–Crippen LogP) is 1.09. The van der Waals surface area contributed by atoms with Crippen LogP contribution in [0, 0.1) is 5.92 Å². The molecule has 0 aromatic heterocycles. The third-order valence-corrected chi connectivity index (χ3v) is 1.63. The van der Waals surface area contributed by atoms with Crippen molar-refractivity contribution in [1.82, 2.24) is 5.43 Å². The summed E-state index contributed by atoms with van der Waals surface area (Å²) in [6.07, 6.45) is 4.17. The van der Waals surface area contributed by atoms with Gasteiger partial charge in [0, 0.05) is 6.54 Å². The van der Waals surface area contributed by atoms with Crippen molar-refractivity contribution >= 4 is 24.8 Å². The van der Waals surface area contributed by atoms with Gasteiger partial charge in [-0.05, 0) is 18.8 Å². The van der Waals surface area contributed by atoms with Crippen LogP contribution >= 0.6 is 24.8 Å². The summed E-state index contributed by atoms with van der Waals surface area (Å²) in [5, 5.41) is 0. The minimum atomic E-state index is 0. The van der Waals surface area contributed by atoms with Crippen LogP contribution in [0.5, 0.6) is 0 Å². The lowest BCUT2D eigenvalue weighted by molar-refractivity contribution is 0.303. The van der Waals surface area contributed by atoms with E-state index in [1.54, 1.807) is 0 Å². The van der Waals surface area contributed by atoms with Crippen LogP contribution in [0.25, 0.3) is 0 Å². The van der Waals surface area contributed by atoms with Gasteiger partial charge < -0.3 is 0 Å². The Hall–Kier alpha value is 0.500. The summed E-state index contributed by atoms with van der Waals surface area (Å²) >= 11 is 0. The van der Waals surface area contributed by atoms with Crippen LogP contribution in [0.4, 0.5) is 0 Å². The summed E-state index contributed by atoms with van der Waals surface area (Å²) in [5.74, 6) is 5.98. The van der Waals surface area contributed by atoms with Crippen LogP contribution in [0.1, 0.15) is 19.3 Å². The van der Waals surface area contributed by atoms with E-state index in [1.807, 2.05) is 0 Å². The third kappa shape index (κ3) is 3.98. The summed E-state index contributed by atoms with van der Waals surface area (Å²) in [5.41, 5.74) is 2.67. The van der Waals surface area contributed by atoms with E-state index in [2.05, 4.69) is 5.43 Å². The SMILES string of the molecule is Cl.Cl.NNCC1CCC1. The Morgan fingerprint density at radius 3 is 2.00 bits per heavy atom. The summed E-state index contributed by atoms with van der Waals surface area (Å²) < 4.78 is 0. The van der Waals surface area contributed by atoms with Gasteiger partial charge in [-0.15, -0.1) is 24.8 Å². The van der Waals surface area contributed by atoms with Gasteiger partial charge in [-0.1, -0.05) is 6.42 Å². The molecule has 0 aromatic carbocycles. The molecule has 0 amide bonds. The van der Waals surface area contributed by atoms with Gasteiger partial charge in [0.25, 0.3) is 0 Å². The van der Waals surface area contributed by atoms with E-state index in [-0.39, 0.29) is 24.8 Å². The van der Waals surface area contributed by atoms with Gasteiger partial charge in [-0.3, -0.25) is 11.3 Å². The zero-order chi connectivity index (χ0) is 5.11. The Kier molecular flexibility index (Phi) is 8.97. The number of nitrogens with two attached hydrogens (primary N) is 1. The fraction of sp³-hybridized carbons (Fsp3) is 1.00. The van der Waals surface area contributed by atoms with Crippen molar-refractivity contribution in [3.8, 4) is 0 Å². The highest BCUT2D eigenvalue weighted by molar-refractivity contribution is 5.85. The van der Waals surface area contributed by atoms with Crippen molar-refractivity contribution in [2.75, 3.05) is 6.54 Å². The summed E-state index contributed by atoms with van der Waals surface area (Å²) in [6, 6.07) is 0. The van der Waals surface area contributed by atoms with Gasteiger partial charge in [-0.25, -0.2) is 0 Å². The summed E-state index contributed by atoms with van der Waals surface area (Å²) in [4.78, 5) is 0. The predicted molar refractivity (Wildman–Crippen MR) is 44.0 cm³/mol. The molecule has 1 fully saturated rings. The number of rotatable bonds is 2.